The van der Waals surface area contributed by atoms with Gasteiger partial charge >= 0.3 is 0 Å². The van der Waals surface area contributed by atoms with Crippen LogP contribution < -0.4 is 19.6 Å². The van der Waals surface area contributed by atoms with Gasteiger partial charge in [-0.15, -0.1) is 0 Å². The van der Waals surface area contributed by atoms with Crippen LogP contribution in [0.4, 0.5) is 5.69 Å². The standard InChI is InChI=1S/C28H24BrN3O6/c1-3-37-26-13-19(12-24(29)27(26)38-17-18-8-10-22(11-9-18)32(34)35)16-30-31-28(33)23-14-20-6-4-5-7-21(20)15-25(23)36-2/h4-16H,3,17H2,1-2H3,(H,31,33)/b30-16-. The van der Waals surface area contributed by atoms with Gasteiger partial charge in [-0.05, 0) is 81.2 Å². The molecular formula is C28H24BrN3O6. The molecule has 0 saturated heterocycles. The number of nitrogens with zero attached hydrogens (tertiary/aromatic N) is 2. The third-order valence-corrected chi connectivity index (χ3v) is 6.14. The minimum atomic E-state index is -0.449. The van der Waals surface area contributed by atoms with E-state index < -0.39 is 10.8 Å². The number of rotatable bonds is 10. The minimum absolute atomic E-state index is 0.0136. The second-order valence-electron chi connectivity index (χ2n) is 8.07. The molecule has 0 fully saturated rings. The van der Waals surface area contributed by atoms with Gasteiger partial charge in [0.05, 0.1) is 34.9 Å². The molecular weight excluding hydrogens is 554 g/mol. The summed E-state index contributed by atoms with van der Waals surface area (Å²) in [5.74, 6) is 1.00. The highest BCUT2D eigenvalue weighted by Gasteiger charge is 2.15. The molecule has 0 aliphatic carbocycles. The van der Waals surface area contributed by atoms with E-state index in [0.29, 0.717) is 39.5 Å². The Kier molecular flexibility index (Phi) is 8.55. The molecule has 9 nitrogen and oxygen atoms in total. The highest BCUT2D eigenvalue weighted by molar-refractivity contribution is 9.10. The van der Waals surface area contributed by atoms with Crippen molar-refractivity contribution in [2.45, 2.75) is 13.5 Å². The molecule has 4 aromatic carbocycles. The quantitative estimate of drug-likeness (QED) is 0.135. The molecule has 0 aliphatic heterocycles. The molecule has 4 aromatic rings. The lowest BCUT2D eigenvalue weighted by atomic mass is 10.1. The summed E-state index contributed by atoms with van der Waals surface area (Å²) < 4.78 is 17.7. The highest BCUT2D eigenvalue weighted by Crippen LogP contribution is 2.37. The Hall–Kier alpha value is -4.44. The summed E-state index contributed by atoms with van der Waals surface area (Å²) in [6.45, 7) is 2.44. The number of hydrogen-bond acceptors (Lipinski definition) is 7. The summed E-state index contributed by atoms with van der Waals surface area (Å²) in [6, 6.07) is 20.9. The summed E-state index contributed by atoms with van der Waals surface area (Å²) in [7, 11) is 1.52. The van der Waals surface area contributed by atoms with Crippen LogP contribution in [0.2, 0.25) is 0 Å². The zero-order chi connectivity index (χ0) is 27.1. The number of non-ortho nitro benzene ring substituents is 1. The maximum absolute atomic E-state index is 12.8. The Balaban J connectivity index is 1.48. The molecule has 0 saturated carbocycles. The van der Waals surface area contributed by atoms with Gasteiger partial charge in [-0.3, -0.25) is 14.9 Å². The number of carbonyl (C=O) groups excluding carboxylic acids is 1. The van der Waals surface area contributed by atoms with Crippen LogP contribution in [-0.2, 0) is 6.61 Å². The first-order valence-corrected chi connectivity index (χ1v) is 12.4. The number of amides is 1. The van der Waals surface area contributed by atoms with Crippen molar-refractivity contribution in [3.63, 3.8) is 0 Å². The SMILES string of the molecule is CCOc1cc(/C=N\NC(=O)c2cc3ccccc3cc2OC)cc(Br)c1OCc1ccc([N+](=O)[O-])cc1. The number of nitrogens with one attached hydrogen (secondary N) is 1. The first-order chi connectivity index (χ1) is 18.4. The lowest BCUT2D eigenvalue weighted by Crippen LogP contribution is -2.18. The predicted octanol–water partition coefficient (Wildman–Crippen LogP) is 6.26. The molecule has 194 valence electrons. The smallest absolute Gasteiger partial charge is 0.275 e. The number of methoxy groups -OCH3 is 1. The summed E-state index contributed by atoms with van der Waals surface area (Å²) in [4.78, 5) is 23.2. The Morgan fingerprint density at radius 3 is 2.39 bits per heavy atom. The fourth-order valence-corrected chi connectivity index (χ4v) is 4.30. The summed E-state index contributed by atoms with van der Waals surface area (Å²) >= 11 is 3.51. The van der Waals surface area contributed by atoms with Gasteiger partial charge in [-0.2, -0.15) is 5.10 Å². The van der Waals surface area contributed by atoms with Crippen molar-refractivity contribution in [3.05, 3.63) is 104 Å². The number of halogens is 1. The molecule has 0 spiro atoms. The van der Waals surface area contributed by atoms with E-state index in [0.717, 1.165) is 16.3 Å². The van der Waals surface area contributed by atoms with Crippen LogP contribution in [0.25, 0.3) is 10.8 Å². The van der Waals surface area contributed by atoms with Crippen molar-refractivity contribution < 1.29 is 23.9 Å². The Labute approximate surface area is 227 Å². The molecule has 0 heterocycles. The topological polar surface area (TPSA) is 112 Å². The van der Waals surface area contributed by atoms with E-state index >= 15 is 0 Å². The predicted molar refractivity (Wildman–Crippen MR) is 148 cm³/mol. The Morgan fingerprint density at radius 1 is 1.03 bits per heavy atom. The molecule has 1 N–H and O–H groups in total. The van der Waals surface area contributed by atoms with Crippen LogP contribution >= 0.6 is 15.9 Å². The fraction of sp³-hybridized carbons (Fsp3) is 0.143. The fourth-order valence-electron chi connectivity index (χ4n) is 3.73. The van der Waals surface area contributed by atoms with Crippen molar-refractivity contribution in [1.82, 2.24) is 5.43 Å². The zero-order valence-corrected chi connectivity index (χ0v) is 22.2. The van der Waals surface area contributed by atoms with Gasteiger partial charge in [-0.25, -0.2) is 5.43 Å². The number of fused-ring (bicyclic) bond motifs is 1. The van der Waals surface area contributed by atoms with Gasteiger partial charge in [0.1, 0.15) is 12.4 Å². The van der Waals surface area contributed by atoms with Crippen LogP contribution in [0.15, 0.2) is 82.4 Å². The Bertz CT molecular complexity index is 1500. The molecule has 10 heteroatoms. The number of nitro groups is 1. The van der Waals surface area contributed by atoms with E-state index in [2.05, 4.69) is 26.5 Å². The largest absolute Gasteiger partial charge is 0.496 e. The van der Waals surface area contributed by atoms with Crippen molar-refractivity contribution in [3.8, 4) is 17.2 Å². The number of nitro benzene ring substituents is 1. The molecule has 1 amide bonds. The van der Waals surface area contributed by atoms with Crippen LogP contribution in [0.1, 0.15) is 28.4 Å². The van der Waals surface area contributed by atoms with Crippen molar-refractivity contribution in [2.24, 2.45) is 5.10 Å². The lowest BCUT2D eigenvalue weighted by Gasteiger charge is -2.14. The molecule has 0 aliphatic rings. The maximum atomic E-state index is 12.8. The number of hydrazone groups is 1. The molecule has 0 radical (unpaired) electrons. The monoisotopic (exact) mass is 577 g/mol. The molecule has 4 rings (SSSR count). The van der Waals surface area contributed by atoms with Crippen molar-refractivity contribution in [2.75, 3.05) is 13.7 Å². The average Bonchev–Trinajstić information content (AvgIpc) is 2.92. The van der Waals surface area contributed by atoms with E-state index in [1.807, 2.05) is 37.3 Å². The number of carbonyl (C=O) groups is 1. The van der Waals surface area contributed by atoms with Crippen LogP contribution in [0.5, 0.6) is 17.2 Å². The number of benzene rings is 4. The summed E-state index contributed by atoms with van der Waals surface area (Å²) in [6.07, 6.45) is 1.50. The van der Waals surface area contributed by atoms with E-state index in [9.17, 15) is 14.9 Å². The van der Waals surface area contributed by atoms with E-state index in [-0.39, 0.29) is 12.3 Å². The van der Waals surface area contributed by atoms with Crippen LogP contribution in [0.3, 0.4) is 0 Å². The highest BCUT2D eigenvalue weighted by atomic mass is 79.9. The normalized spacial score (nSPS) is 10.9. The first-order valence-electron chi connectivity index (χ1n) is 11.6. The minimum Gasteiger partial charge on any atom is -0.496 e. The first kappa shape index (κ1) is 26.6. The van der Waals surface area contributed by atoms with Gasteiger partial charge in [-0.1, -0.05) is 24.3 Å². The van der Waals surface area contributed by atoms with Gasteiger partial charge in [0.2, 0.25) is 0 Å². The maximum Gasteiger partial charge on any atom is 0.275 e. The van der Waals surface area contributed by atoms with Gasteiger partial charge < -0.3 is 14.2 Å². The molecule has 38 heavy (non-hydrogen) atoms. The second-order valence-corrected chi connectivity index (χ2v) is 8.93. The van der Waals surface area contributed by atoms with Crippen molar-refractivity contribution in [1.29, 1.82) is 0 Å². The Morgan fingerprint density at radius 2 is 1.74 bits per heavy atom. The molecule has 0 aromatic heterocycles. The molecule has 0 atom stereocenters. The second kappa shape index (κ2) is 12.2. The number of ether oxygens (including phenoxy) is 3. The molecule has 0 bridgehead atoms. The van der Waals surface area contributed by atoms with Gasteiger partial charge in [0.25, 0.3) is 11.6 Å². The number of hydrogen-bond donors (Lipinski definition) is 1. The summed E-state index contributed by atoms with van der Waals surface area (Å²) in [5, 5.41) is 16.8. The summed E-state index contributed by atoms with van der Waals surface area (Å²) in [5.41, 5.74) is 4.36. The van der Waals surface area contributed by atoms with Crippen LogP contribution in [0, 0.1) is 10.1 Å². The van der Waals surface area contributed by atoms with E-state index in [1.54, 1.807) is 30.3 Å². The average molecular weight is 578 g/mol. The van der Waals surface area contributed by atoms with Gasteiger partial charge in [0.15, 0.2) is 11.5 Å². The lowest BCUT2D eigenvalue weighted by molar-refractivity contribution is -0.384. The van der Waals surface area contributed by atoms with E-state index in [1.165, 1.54) is 25.5 Å². The molecule has 0 unspecified atom stereocenters. The van der Waals surface area contributed by atoms with Crippen LogP contribution in [-0.4, -0.2) is 30.8 Å². The van der Waals surface area contributed by atoms with Gasteiger partial charge in [0, 0.05) is 12.1 Å². The zero-order valence-electron chi connectivity index (χ0n) is 20.6. The third kappa shape index (κ3) is 6.27. The van der Waals surface area contributed by atoms with Crippen molar-refractivity contribution >= 4 is 44.5 Å². The third-order valence-electron chi connectivity index (χ3n) is 5.55. The van der Waals surface area contributed by atoms with E-state index in [4.69, 9.17) is 14.2 Å².